The molecule has 1 heterocycles. The first-order valence-corrected chi connectivity index (χ1v) is 5.66. The predicted octanol–water partition coefficient (Wildman–Crippen LogP) is 2.07. The number of carbonyl (C=O) groups excluding carboxylic acids is 1. The topological polar surface area (TPSA) is 58.6 Å². The maximum Gasteiger partial charge on any atom is 0.329 e. The summed E-state index contributed by atoms with van der Waals surface area (Å²) in [6, 6.07) is 4.71. The van der Waals surface area contributed by atoms with Gasteiger partial charge in [-0.2, -0.15) is 0 Å². The standard InChI is InChI=1S/C13H17NO3/c1-13(2,3)17-12(16)11-6-8-4-5-9(15)7-10(8)14-11/h4-5,7,11,14-15H,6H2,1-3H3. The van der Waals surface area contributed by atoms with Gasteiger partial charge in [-0.3, -0.25) is 0 Å². The number of esters is 1. The number of ether oxygens (including phenoxy) is 1. The number of fused-ring (bicyclic) bond motifs is 1. The molecule has 0 radical (unpaired) electrons. The van der Waals surface area contributed by atoms with Crippen LogP contribution in [0.4, 0.5) is 5.69 Å². The number of aromatic hydroxyl groups is 1. The van der Waals surface area contributed by atoms with Crippen molar-refractivity contribution >= 4 is 11.7 Å². The van der Waals surface area contributed by atoms with Crippen molar-refractivity contribution in [3.05, 3.63) is 23.8 Å². The number of hydrogen-bond donors (Lipinski definition) is 2. The third-order valence-electron chi connectivity index (χ3n) is 2.54. The summed E-state index contributed by atoms with van der Waals surface area (Å²) in [5.41, 5.74) is 1.36. The van der Waals surface area contributed by atoms with E-state index in [1.807, 2.05) is 26.8 Å². The van der Waals surface area contributed by atoms with Gasteiger partial charge in [-0.15, -0.1) is 0 Å². The molecule has 2 N–H and O–H groups in total. The number of rotatable bonds is 1. The van der Waals surface area contributed by atoms with Crippen molar-refractivity contribution < 1.29 is 14.6 Å². The molecule has 0 spiro atoms. The van der Waals surface area contributed by atoms with Crippen LogP contribution in [-0.4, -0.2) is 22.7 Å². The maximum absolute atomic E-state index is 11.9. The summed E-state index contributed by atoms with van der Waals surface area (Å²) in [6.45, 7) is 5.54. The van der Waals surface area contributed by atoms with Crippen molar-refractivity contribution in [2.75, 3.05) is 5.32 Å². The molecule has 1 aliphatic rings. The molecule has 0 aliphatic carbocycles. The number of phenols is 1. The Kier molecular flexibility index (Phi) is 2.73. The lowest BCUT2D eigenvalue weighted by Gasteiger charge is -2.22. The molecular weight excluding hydrogens is 218 g/mol. The van der Waals surface area contributed by atoms with E-state index in [4.69, 9.17) is 4.74 Å². The lowest BCUT2D eigenvalue weighted by Crippen LogP contribution is -2.35. The highest BCUT2D eigenvalue weighted by molar-refractivity contribution is 5.83. The zero-order chi connectivity index (χ0) is 12.6. The monoisotopic (exact) mass is 235 g/mol. The fourth-order valence-corrected chi connectivity index (χ4v) is 1.85. The van der Waals surface area contributed by atoms with E-state index >= 15 is 0 Å². The lowest BCUT2D eigenvalue weighted by molar-refractivity contribution is -0.155. The summed E-state index contributed by atoms with van der Waals surface area (Å²) in [5.74, 6) is -0.0609. The van der Waals surface area contributed by atoms with Gasteiger partial charge in [-0.25, -0.2) is 4.79 Å². The van der Waals surface area contributed by atoms with Gasteiger partial charge in [-0.05, 0) is 32.4 Å². The van der Waals surface area contributed by atoms with Crippen molar-refractivity contribution in [3.8, 4) is 5.75 Å². The molecule has 2 rings (SSSR count). The average molecular weight is 235 g/mol. The molecule has 1 atom stereocenters. The minimum absolute atomic E-state index is 0.195. The first kappa shape index (κ1) is 11.8. The molecule has 0 aromatic heterocycles. The van der Waals surface area contributed by atoms with Crippen molar-refractivity contribution in [2.45, 2.75) is 38.8 Å². The van der Waals surface area contributed by atoms with Crippen molar-refractivity contribution in [2.24, 2.45) is 0 Å². The van der Waals surface area contributed by atoms with Gasteiger partial charge in [0.05, 0.1) is 0 Å². The average Bonchev–Trinajstić information content (AvgIpc) is 2.57. The summed E-state index contributed by atoms with van der Waals surface area (Å²) in [5, 5.41) is 12.4. The van der Waals surface area contributed by atoms with Crippen molar-refractivity contribution in [1.29, 1.82) is 0 Å². The summed E-state index contributed by atoms with van der Waals surface area (Å²) in [4.78, 5) is 11.9. The van der Waals surface area contributed by atoms with Crippen molar-refractivity contribution in [1.82, 2.24) is 0 Å². The number of carbonyl (C=O) groups is 1. The molecule has 17 heavy (non-hydrogen) atoms. The van der Waals surface area contributed by atoms with Gasteiger partial charge >= 0.3 is 5.97 Å². The van der Waals surface area contributed by atoms with E-state index in [0.29, 0.717) is 6.42 Å². The Morgan fingerprint density at radius 1 is 1.47 bits per heavy atom. The Balaban J connectivity index is 2.07. The second kappa shape index (κ2) is 3.95. The van der Waals surface area contributed by atoms with Crippen LogP contribution in [0.25, 0.3) is 0 Å². The second-order valence-corrected chi connectivity index (χ2v) is 5.28. The molecule has 1 aromatic rings. The molecule has 0 saturated carbocycles. The van der Waals surface area contributed by atoms with Crippen LogP contribution in [0.2, 0.25) is 0 Å². The van der Waals surface area contributed by atoms with E-state index < -0.39 is 5.60 Å². The molecule has 1 unspecified atom stereocenters. The number of hydrogen-bond acceptors (Lipinski definition) is 4. The van der Waals surface area contributed by atoms with Crippen LogP contribution in [0, 0.1) is 0 Å². The normalized spacial score (nSPS) is 18.4. The minimum atomic E-state index is -0.477. The first-order valence-electron chi connectivity index (χ1n) is 5.66. The molecule has 0 saturated heterocycles. The van der Waals surface area contributed by atoms with E-state index in [2.05, 4.69) is 5.32 Å². The Hall–Kier alpha value is -1.71. The number of anilines is 1. The zero-order valence-corrected chi connectivity index (χ0v) is 10.3. The van der Waals surface area contributed by atoms with E-state index in [9.17, 15) is 9.90 Å². The molecule has 1 aliphatic heterocycles. The lowest BCUT2D eigenvalue weighted by atomic mass is 10.1. The van der Waals surface area contributed by atoms with Crippen LogP contribution in [-0.2, 0) is 16.0 Å². The molecule has 0 amide bonds. The third-order valence-corrected chi connectivity index (χ3v) is 2.54. The molecule has 92 valence electrons. The number of benzene rings is 1. The van der Waals surface area contributed by atoms with Gasteiger partial charge in [0, 0.05) is 18.2 Å². The molecule has 0 fully saturated rings. The third kappa shape index (κ3) is 2.70. The SMILES string of the molecule is CC(C)(C)OC(=O)C1Cc2ccc(O)cc2N1. The second-order valence-electron chi connectivity index (χ2n) is 5.28. The van der Waals surface area contributed by atoms with E-state index in [1.54, 1.807) is 12.1 Å². The quantitative estimate of drug-likeness (QED) is 0.732. The van der Waals surface area contributed by atoms with E-state index in [1.165, 1.54) is 0 Å². The fraction of sp³-hybridized carbons (Fsp3) is 0.462. The summed E-state index contributed by atoms with van der Waals surface area (Å²) in [6.07, 6.45) is 0.602. The van der Waals surface area contributed by atoms with Crippen LogP contribution in [0.5, 0.6) is 5.75 Å². The molecule has 4 nitrogen and oxygen atoms in total. The Labute approximate surface area is 101 Å². The van der Waals surface area contributed by atoms with Crippen LogP contribution < -0.4 is 5.32 Å². The molecule has 1 aromatic carbocycles. The van der Waals surface area contributed by atoms with Crippen LogP contribution in [0.1, 0.15) is 26.3 Å². The number of phenolic OH excluding ortho intramolecular Hbond substituents is 1. The highest BCUT2D eigenvalue weighted by Crippen LogP contribution is 2.30. The van der Waals surface area contributed by atoms with Crippen molar-refractivity contribution in [3.63, 3.8) is 0 Å². The highest BCUT2D eigenvalue weighted by Gasteiger charge is 2.30. The minimum Gasteiger partial charge on any atom is -0.508 e. The Morgan fingerprint density at radius 3 is 2.82 bits per heavy atom. The fourth-order valence-electron chi connectivity index (χ4n) is 1.85. The first-order chi connectivity index (χ1) is 7.85. The van der Waals surface area contributed by atoms with Gasteiger partial charge < -0.3 is 15.2 Å². The van der Waals surface area contributed by atoms with Gasteiger partial charge in [-0.1, -0.05) is 6.07 Å². The predicted molar refractivity (Wildman–Crippen MR) is 65.1 cm³/mol. The molecule has 0 bridgehead atoms. The van der Waals surface area contributed by atoms with Gasteiger partial charge in [0.15, 0.2) is 0 Å². The van der Waals surface area contributed by atoms with Crippen LogP contribution >= 0.6 is 0 Å². The van der Waals surface area contributed by atoms with E-state index in [-0.39, 0.29) is 17.8 Å². The maximum atomic E-state index is 11.9. The summed E-state index contributed by atoms with van der Waals surface area (Å²) < 4.78 is 5.32. The van der Waals surface area contributed by atoms with Gasteiger partial charge in [0.25, 0.3) is 0 Å². The van der Waals surface area contributed by atoms with Gasteiger partial charge in [0.1, 0.15) is 17.4 Å². The van der Waals surface area contributed by atoms with Crippen LogP contribution in [0.15, 0.2) is 18.2 Å². The highest BCUT2D eigenvalue weighted by atomic mass is 16.6. The number of nitrogens with one attached hydrogen (secondary N) is 1. The van der Waals surface area contributed by atoms with Crippen LogP contribution in [0.3, 0.4) is 0 Å². The summed E-state index contributed by atoms with van der Waals surface area (Å²) in [7, 11) is 0. The van der Waals surface area contributed by atoms with E-state index in [0.717, 1.165) is 11.3 Å². The Morgan fingerprint density at radius 2 is 2.18 bits per heavy atom. The molecule has 4 heteroatoms. The zero-order valence-electron chi connectivity index (χ0n) is 10.3. The smallest absolute Gasteiger partial charge is 0.329 e. The largest absolute Gasteiger partial charge is 0.508 e. The van der Waals surface area contributed by atoms with Gasteiger partial charge in [0.2, 0.25) is 0 Å². The molecular formula is C13H17NO3. The summed E-state index contributed by atoms with van der Waals surface area (Å²) >= 11 is 0. The Bertz CT molecular complexity index is 448.